The van der Waals surface area contributed by atoms with Gasteiger partial charge >= 0.3 is 0 Å². The quantitative estimate of drug-likeness (QED) is 0.244. The molecule has 0 amide bonds. The molecule has 4 heteroatoms. The first-order valence-electron chi connectivity index (χ1n) is 1.73. The van der Waals surface area contributed by atoms with Crippen molar-refractivity contribution in [3.63, 3.8) is 0 Å². The monoisotopic (exact) mass is 104 g/mol. The van der Waals surface area contributed by atoms with E-state index in [1.54, 1.807) is 0 Å². The number of rotatable bonds is 1. The van der Waals surface area contributed by atoms with Crippen molar-refractivity contribution in [3.05, 3.63) is 12.0 Å². The zero-order valence-electron chi connectivity index (χ0n) is 3.70. The van der Waals surface area contributed by atoms with Crippen LogP contribution in [-0.2, 0) is 0 Å². The fourth-order valence-corrected chi connectivity index (χ4v) is 0.175. The van der Waals surface area contributed by atoms with Crippen LogP contribution in [0.2, 0.25) is 0 Å². The summed E-state index contributed by atoms with van der Waals surface area (Å²) in [6, 6.07) is 0. The molecule has 6 N–H and O–H groups in total. The molecule has 4 nitrogen and oxygen atoms in total. The molecule has 0 rings (SSSR count). The first kappa shape index (κ1) is 6.26. The third kappa shape index (κ3) is 5.26. The Bertz CT molecular complexity index is 75.0. The predicted molar refractivity (Wildman–Crippen MR) is 25.1 cm³/mol. The molecule has 0 aromatic rings. The van der Waals surface area contributed by atoms with Gasteiger partial charge < -0.3 is 21.7 Å². The lowest BCUT2D eigenvalue weighted by Crippen LogP contribution is -2.17. The van der Waals surface area contributed by atoms with Crippen LogP contribution < -0.4 is 11.5 Å². The number of aliphatic hydroxyl groups excluding tert-OH is 2. The highest BCUT2D eigenvalue weighted by molar-refractivity contribution is 4.87. The van der Waals surface area contributed by atoms with E-state index in [0.717, 1.165) is 6.08 Å². The smallest absolute Gasteiger partial charge is 0.181 e. The van der Waals surface area contributed by atoms with Crippen LogP contribution in [0.5, 0.6) is 0 Å². The summed E-state index contributed by atoms with van der Waals surface area (Å²) in [6.45, 7) is 0. The number of aliphatic hydroxyl groups is 2. The van der Waals surface area contributed by atoms with Crippen molar-refractivity contribution in [1.29, 1.82) is 0 Å². The molecule has 0 aliphatic carbocycles. The normalized spacial score (nSPS) is 16.6. The van der Waals surface area contributed by atoms with E-state index in [9.17, 15) is 0 Å². The molecule has 7 heavy (non-hydrogen) atoms. The molecular formula is C3H8N2O2. The van der Waals surface area contributed by atoms with Crippen molar-refractivity contribution >= 4 is 0 Å². The molecule has 1 unspecified atom stereocenters. The van der Waals surface area contributed by atoms with Crippen LogP contribution in [0.4, 0.5) is 0 Å². The van der Waals surface area contributed by atoms with Crippen LogP contribution >= 0.6 is 0 Å². The molecule has 0 heterocycles. The average Bonchev–Trinajstić information content (AvgIpc) is 1.27. The molecule has 0 fully saturated rings. The average molecular weight is 104 g/mol. The molecule has 0 aromatic heterocycles. The van der Waals surface area contributed by atoms with Gasteiger partial charge in [0.15, 0.2) is 5.88 Å². The van der Waals surface area contributed by atoms with E-state index in [4.69, 9.17) is 15.9 Å². The van der Waals surface area contributed by atoms with Crippen LogP contribution in [-0.4, -0.2) is 16.4 Å². The Hall–Kier alpha value is -0.740. The molecule has 0 saturated heterocycles. The summed E-state index contributed by atoms with van der Waals surface area (Å²) in [4.78, 5) is 0. The molecule has 0 aliphatic heterocycles. The van der Waals surface area contributed by atoms with Crippen molar-refractivity contribution in [2.75, 3.05) is 0 Å². The van der Waals surface area contributed by atoms with Gasteiger partial charge in [0.25, 0.3) is 0 Å². The van der Waals surface area contributed by atoms with Crippen LogP contribution in [0.25, 0.3) is 0 Å². The van der Waals surface area contributed by atoms with Gasteiger partial charge in [0.2, 0.25) is 0 Å². The van der Waals surface area contributed by atoms with Crippen molar-refractivity contribution in [1.82, 2.24) is 0 Å². The third-order valence-electron chi connectivity index (χ3n) is 0.342. The zero-order valence-corrected chi connectivity index (χ0v) is 3.70. The van der Waals surface area contributed by atoms with Crippen LogP contribution in [0.15, 0.2) is 12.0 Å². The maximum Gasteiger partial charge on any atom is 0.181 e. The minimum atomic E-state index is -1.16. The molecule has 42 valence electrons. The van der Waals surface area contributed by atoms with E-state index >= 15 is 0 Å². The molecule has 0 aliphatic rings. The zero-order chi connectivity index (χ0) is 5.86. The highest BCUT2D eigenvalue weighted by Gasteiger charge is 1.86. The first-order valence-corrected chi connectivity index (χ1v) is 1.73. The fraction of sp³-hybridized carbons (Fsp3) is 0.333. The van der Waals surface area contributed by atoms with Gasteiger partial charge in [-0.15, -0.1) is 0 Å². The van der Waals surface area contributed by atoms with Crippen LogP contribution in [0.3, 0.4) is 0 Å². The molecule has 0 radical (unpaired) electrons. The second-order valence-electron chi connectivity index (χ2n) is 1.08. The summed E-state index contributed by atoms with van der Waals surface area (Å²) in [6.07, 6.45) is -0.245. The summed E-state index contributed by atoms with van der Waals surface area (Å²) in [5, 5.41) is 16.3. The van der Waals surface area contributed by atoms with Crippen molar-refractivity contribution in [3.8, 4) is 0 Å². The summed E-state index contributed by atoms with van der Waals surface area (Å²) in [5.41, 5.74) is 9.40. The molecule has 0 aromatic carbocycles. The Kier molecular flexibility index (Phi) is 2.18. The lowest BCUT2D eigenvalue weighted by Gasteiger charge is -1.92. The molecular weight excluding hydrogens is 96.0 g/mol. The molecule has 0 saturated carbocycles. The number of nitrogens with two attached hydrogens (primary N) is 2. The topological polar surface area (TPSA) is 92.5 Å². The van der Waals surface area contributed by atoms with Gasteiger partial charge in [0.1, 0.15) is 6.23 Å². The highest BCUT2D eigenvalue weighted by Crippen LogP contribution is 1.75. The van der Waals surface area contributed by atoms with E-state index in [0.29, 0.717) is 0 Å². The largest absolute Gasteiger partial charge is 0.495 e. The fourth-order valence-electron chi connectivity index (χ4n) is 0.175. The maximum absolute atomic E-state index is 8.18. The number of hydrogen-bond acceptors (Lipinski definition) is 4. The van der Waals surface area contributed by atoms with Crippen LogP contribution in [0.1, 0.15) is 0 Å². The molecule has 0 spiro atoms. The lowest BCUT2D eigenvalue weighted by molar-refractivity contribution is 0.224. The Morgan fingerprint density at radius 3 is 2.14 bits per heavy atom. The Morgan fingerprint density at radius 2 is 2.14 bits per heavy atom. The first-order chi connectivity index (χ1) is 3.13. The van der Waals surface area contributed by atoms with Gasteiger partial charge in [0.05, 0.1) is 0 Å². The number of hydrogen-bond donors (Lipinski definition) is 4. The van der Waals surface area contributed by atoms with Crippen molar-refractivity contribution < 1.29 is 10.2 Å². The summed E-state index contributed by atoms with van der Waals surface area (Å²) >= 11 is 0. The lowest BCUT2D eigenvalue weighted by atomic mass is 10.5. The van der Waals surface area contributed by atoms with Crippen LogP contribution in [0, 0.1) is 0 Å². The highest BCUT2D eigenvalue weighted by atomic mass is 16.3. The van der Waals surface area contributed by atoms with E-state index in [-0.39, 0.29) is 0 Å². The van der Waals surface area contributed by atoms with Gasteiger partial charge in [-0.1, -0.05) is 0 Å². The van der Waals surface area contributed by atoms with Gasteiger partial charge in [-0.05, 0) is 0 Å². The predicted octanol–water partition coefficient (Wildman–Crippen LogP) is -1.38. The second-order valence-corrected chi connectivity index (χ2v) is 1.08. The maximum atomic E-state index is 8.18. The second kappa shape index (κ2) is 2.44. The molecule has 1 atom stereocenters. The minimum Gasteiger partial charge on any atom is -0.495 e. The molecule has 0 bridgehead atoms. The van der Waals surface area contributed by atoms with Crippen molar-refractivity contribution in [2.45, 2.75) is 6.23 Å². The Labute approximate surface area is 41.0 Å². The Balaban J connectivity index is 3.45. The third-order valence-corrected chi connectivity index (χ3v) is 0.342. The SMILES string of the molecule is N/C(O)=C\C(N)O. The standard InChI is InChI=1S/C3H8N2O2/c4-2(6)1-3(5)7/h1-2,6-7H,4-5H2/b3-1+. The van der Waals surface area contributed by atoms with E-state index in [1.165, 1.54) is 0 Å². The van der Waals surface area contributed by atoms with Crippen molar-refractivity contribution in [2.24, 2.45) is 11.5 Å². The van der Waals surface area contributed by atoms with Gasteiger partial charge in [-0.25, -0.2) is 0 Å². The summed E-state index contributed by atoms with van der Waals surface area (Å²) < 4.78 is 0. The summed E-state index contributed by atoms with van der Waals surface area (Å²) in [5.74, 6) is -0.463. The van der Waals surface area contributed by atoms with Gasteiger partial charge in [0, 0.05) is 6.08 Å². The minimum absolute atomic E-state index is 0.463. The van der Waals surface area contributed by atoms with E-state index in [2.05, 4.69) is 5.73 Å². The van der Waals surface area contributed by atoms with Gasteiger partial charge in [-0.2, -0.15) is 0 Å². The van der Waals surface area contributed by atoms with E-state index < -0.39 is 12.1 Å². The van der Waals surface area contributed by atoms with Gasteiger partial charge in [-0.3, -0.25) is 0 Å². The Morgan fingerprint density at radius 1 is 1.71 bits per heavy atom. The van der Waals surface area contributed by atoms with E-state index in [1.807, 2.05) is 0 Å². The summed E-state index contributed by atoms with van der Waals surface area (Å²) in [7, 11) is 0.